The number of methoxy groups -OCH3 is 1. The van der Waals surface area contributed by atoms with Crippen LogP contribution in [0.2, 0.25) is 5.02 Å². The first-order valence-corrected chi connectivity index (χ1v) is 7.38. The van der Waals surface area contributed by atoms with E-state index in [1.165, 1.54) is 31.6 Å². The van der Waals surface area contributed by atoms with Crippen molar-refractivity contribution >= 4 is 21.6 Å². The van der Waals surface area contributed by atoms with Crippen LogP contribution in [0.15, 0.2) is 24.5 Å². The van der Waals surface area contributed by atoms with E-state index >= 15 is 0 Å². The Kier molecular flexibility index (Phi) is 3.42. The summed E-state index contributed by atoms with van der Waals surface area (Å²) in [4.78, 5) is 3.99. The lowest BCUT2D eigenvalue weighted by Crippen LogP contribution is -2.10. The predicted molar refractivity (Wildman–Crippen MR) is 71.1 cm³/mol. The lowest BCUT2D eigenvalue weighted by Gasteiger charge is -2.09. The standard InChI is InChI=1S/C11H11ClN2O4S/c1-18-9-6-7(5-8(12)10(9)15)11-13-3-4-14(11)19(2,16)17/h3-6,15H,1-2H3. The third-order valence-corrected chi connectivity index (χ3v) is 3.77. The molecule has 0 amide bonds. The molecule has 2 rings (SSSR count). The van der Waals surface area contributed by atoms with Crippen molar-refractivity contribution < 1.29 is 18.3 Å². The Morgan fingerprint density at radius 2 is 2.11 bits per heavy atom. The minimum absolute atomic E-state index is 0.0531. The second-order valence-electron chi connectivity index (χ2n) is 3.82. The van der Waals surface area contributed by atoms with Gasteiger partial charge in [-0.1, -0.05) is 11.6 Å². The number of hydrogen-bond donors (Lipinski definition) is 1. The van der Waals surface area contributed by atoms with Crippen LogP contribution in [0.25, 0.3) is 11.4 Å². The summed E-state index contributed by atoms with van der Waals surface area (Å²) in [6, 6.07) is 2.88. The molecule has 0 fully saturated rings. The Labute approximate surface area is 115 Å². The predicted octanol–water partition coefficient (Wildman–Crippen LogP) is 1.73. The Morgan fingerprint density at radius 1 is 1.42 bits per heavy atom. The van der Waals surface area contributed by atoms with Gasteiger partial charge in [0.1, 0.15) is 0 Å². The number of aromatic hydroxyl groups is 1. The van der Waals surface area contributed by atoms with E-state index in [9.17, 15) is 13.5 Å². The number of benzene rings is 1. The highest BCUT2D eigenvalue weighted by Gasteiger charge is 2.17. The molecule has 6 nitrogen and oxygen atoms in total. The number of rotatable bonds is 3. The molecule has 0 bridgehead atoms. The van der Waals surface area contributed by atoms with Gasteiger partial charge in [-0.3, -0.25) is 0 Å². The fourth-order valence-electron chi connectivity index (χ4n) is 1.62. The molecule has 0 unspecified atom stereocenters. The van der Waals surface area contributed by atoms with Crippen molar-refractivity contribution in [2.24, 2.45) is 0 Å². The summed E-state index contributed by atoms with van der Waals surface area (Å²) in [7, 11) is -2.10. The molecule has 1 aromatic heterocycles. The van der Waals surface area contributed by atoms with Gasteiger partial charge in [0.2, 0.25) is 10.0 Å². The van der Waals surface area contributed by atoms with E-state index in [-0.39, 0.29) is 22.3 Å². The number of phenolic OH excluding ortho intramolecular Hbond substituents is 1. The molecular weight excluding hydrogens is 292 g/mol. The first-order chi connectivity index (χ1) is 8.84. The van der Waals surface area contributed by atoms with Crippen LogP contribution in [0.1, 0.15) is 0 Å². The van der Waals surface area contributed by atoms with Crippen molar-refractivity contribution in [2.45, 2.75) is 0 Å². The average molecular weight is 303 g/mol. The van der Waals surface area contributed by atoms with Crippen LogP contribution in [0.5, 0.6) is 11.5 Å². The van der Waals surface area contributed by atoms with Gasteiger partial charge in [-0.05, 0) is 12.1 Å². The fraction of sp³-hybridized carbons (Fsp3) is 0.182. The molecule has 102 valence electrons. The van der Waals surface area contributed by atoms with E-state index in [2.05, 4.69) is 4.98 Å². The summed E-state index contributed by atoms with van der Waals surface area (Å²) in [5.41, 5.74) is 0.426. The third-order valence-electron chi connectivity index (χ3n) is 2.47. The quantitative estimate of drug-likeness (QED) is 0.933. The molecule has 0 saturated heterocycles. The van der Waals surface area contributed by atoms with Gasteiger partial charge in [0.15, 0.2) is 17.3 Å². The average Bonchev–Trinajstić information content (AvgIpc) is 2.81. The van der Waals surface area contributed by atoms with Crippen LogP contribution >= 0.6 is 11.6 Å². The topological polar surface area (TPSA) is 81.4 Å². The Bertz CT molecular complexity index is 724. The molecule has 19 heavy (non-hydrogen) atoms. The summed E-state index contributed by atoms with van der Waals surface area (Å²) in [6.45, 7) is 0. The molecule has 0 radical (unpaired) electrons. The number of halogens is 1. The first kappa shape index (κ1) is 13.7. The summed E-state index contributed by atoms with van der Waals surface area (Å²) < 4.78 is 29.2. The minimum Gasteiger partial charge on any atom is -0.503 e. The van der Waals surface area contributed by atoms with Gasteiger partial charge in [-0.15, -0.1) is 0 Å². The molecule has 2 aromatic rings. The van der Waals surface area contributed by atoms with Crippen molar-refractivity contribution in [1.82, 2.24) is 8.96 Å². The molecule has 0 saturated carbocycles. The van der Waals surface area contributed by atoms with E-state index in [0.29, 0.717) is 5.56 Å². The maximum atomic E-state index is 11.6. The highest BCUT2D eigenvalue weighted by molar-refractivity contribution is 7.89. The van der Waals surface area contributed by atoms with Gasteiger partial charge in [0.25, 0.3) is 0 Å². The van der Waals surface area contributed by atoms with Gasteiger partial charge >= 0.3 is 0 Å². The van der Waals surface area contributed by atoms with Crippen LogP contribution < -0.4 is 4.74 Å². The summed E-state index contributed by atoms with van der Waals surface area (Å²) in [5.74, 6) is 0.138. The lowest BCUT2D eigenvalue weighted by atomic mass is 10.2. The van der Waals surface area contributed by atoms with Crippen molar-refractivity contribution in [3.05, 3.63) is 29.5 Å². The highest BCUT2D eigenvalue weighted by atomic mass is 35.5. The van der Waals surface area contributed by atoms with Gasteiger partial charge < -0.3 is 9.84 Å². The fourth-order valence-corrected chi connectivity index (χ4v) is 2.57. The smallest absolute Gasteiger partial charge is 0.237 e. The molecule has 0 aliphatic rings. The SMILES string of the molecule is COc1cc(-c2nccn2S(C)(=O)=O)cc(Cl)c1O. The van der Waals surface area contributed by atoms with Gasteiger partial charge in [0.05, 0.1) is 18.4 Å². The zero-order chi connectivity index (χ0) is 14.2. The molecule has 0 spiro atoms. The van der Waals surface area contributed by atoms with E-state index in [1.54, 1.807) is 0 Å². The molecule has 8 heteroatoms. The highest BCUT2D eigenvalue weighted by Crippen LogP contribution is 2.38. The number of nitrogens with zero attached hydrogens (tertiary/aromatic N) is 2. The van der Waals surface area contributed by atoms with E-state index in [1.807, 2.05) is 0 Å². The van der Waals surface area contributed by atoms with Crippen molar-refractivity contribution in [1.29, 1.82) is 0 Å². The summed E-state index contributed by atoms with van der Waals surface area (Å²) in [6.07, 6.45) is 3.76. The van der Waals surface area contributed by atoms with E-state index in [0.717, 1.165) is 10.2 Å². The van der Waals surface area contributed by atoms with Crippen LogP contribution in [0, 0.1) is 0 Å². The van der Waals surface area contributed by atoms with Gasteiger partial charge in [0, 0.05) is 18.0 Å². The lowest BCUT2D eigenvalue weighted by molar-refractivity contribution is 0.374. The minimum atomic E-state index is -3.47. The molecule has 1 N–H and O–H groups in total. The maximum absolute atomic E-state index is 11.6. The molecular formula is C11H11ClN2O4S. The zero-order valence-electron chi connectivity index (χ0n) is 10.2. The second kappa shape index (κ2) is 4.75. The van der Waals surface area contributed by atoms with Gasteiger partial charge in [-0.2, -0.15) is 0 Å². The van der Waals surface area contributed by atoms with Crippen molar-refractivity contribution in [3.63, 3.8) is 0 Å². The molecule has 0 aliphatic heterocycles. The second-order valence-corrected chi connectivity index (χ2v) is 6.09. The van der Waals surface area contributed by atoms with Crippen LogP contribution in [0.4, 0.5) is 0 Å². The molecule has 1 aromatic carbocycles. The summed E-state index contributed by atoms with van der Waals surface area (Å²) >= 11 is 5.86. The van der Waals surface area contributed by atoms with Gasteiger partial charge in [-0.25, -0.2) is 17.4 Å². The number of ether oxygens (including phenoxy) is 1. The van der Waals surface area contributed by atoms with Crippen LogP contribution in [-0.2, 0) is 10.0 Å². The van der Waals surface area contributed by atoms with Crippen LogP contribution in [-0.4, -0.2) is 35.8 Å². The summed E-state index contributed by atoms with van der Waals surface area (Å²) in [5, 5.41) is 9.70. The molecule has 0 aliphatic carbocycles. The number of hydrogen-bond acceptors (Lipinski definition) is 5. The zero-order valence-corrected chi connectivity index (χ0v) is 11.7. The first-order valence-electron chi connectivity index (χ1n) is 5.15. The van der Waals surface area contributed by atoms with E-state index in [4.69, 9.17) is 16.3 Å². The number of phenols is 1. The third kappa shape index (κ3) is 2.52. The Morgan fingerprint density at radius 3 is 2.68 bits per heavy atom. The number of aromatic nitrogens is 2. The Hall–Kier alpha value is -1.73. The largest absolute Gasteiger partial charge is 0.503 e. The normalized spacial score (nSPS) is 11.5. The van der Waals surface area contributed by atoms with Crippen molar-refractivity contribution in [3.8, 4) is 22.9 Å². The maximum Gasteiger partial charge on any atom is 0.237 e. The number of imidazole rings is 1. The molecule has 0 atom stereocenters. The Balaban J connectivity index is 2.67. The van der Waals surface area contributed by atoms with E-state index < -0.39 is 10.0 Å². The van der Waals surface area contributed by atoms with Crippen LogP contribution in [0.3, 0.4) is 0 Å². The monoisotopic (exact) mass is 302 g/mol. The van der Waals surface area contributed by atoms with Crippen molar-refractivity contribution in [2.75, 3.05) is 13.4 Å². The molecule has 1 heterocycles.